The van der Waals surface area contributed by atoms with Crippen molar-refractivity contribution >= 4 is 21.8 Å². The van der Waals surface area contributed by atoms with Crippen LogP contribution in [0.1, 0.15) is 29.7 Å². The molecule has 2 aromatic rings. The van der Waals surface area contributed by atoms with Gasteiger partial charge in [-0.3, -0.25) is 4.79 Å². The van der Waals surface area contributed by atoms with Gasteiger partial charge in [0.25, 0.3) is 5.91 Å². The van der Waals surface area contributed by atoms with E-state index in [0.29, 0.717) is 17.2 Å². The molecule has 0 heterocycles. The van der Waals surface area contributed by atoms with Crippen molar-refractivity contribution in [3.05, 3.63) is 51.5 Å². The monoisotopic (exact) mass is 421 g/mol. The summed E-state index contributed by atoms with van der Waals surface area (Å²) in [7, 11) is 3.17. The molecule has 1 atom stereocenters. The highest BCUT2D eigenvalue weighted by atomic mass is 79.9. The molecule has 2 rings (SSSR count). The molecule has 6 heteroatoms. The van der Waals surface area contributed by atoms with Crippen molar-refractivity contribution in [2.45, 2.75) is 26.8 Å². The Labute approximate surface area is 162 Å². The lowest BCUT2D eigenvalue weighted by molar-refractivity contribution is -0.123. The molecule has 1 N–H and O–H groups in total. The lowest BCUT2D eigenvalue weighted by Crippen LogP contribution is -2.31. The second-order valence-electron chi connectivity index (χ2n) is 6.06. The van der Waals surface area contributed by atoms with Gasteiger partial charge in [0, 0.05) is 4.47 Å². The normalized spacial score (nSPS) is 11.6. The first-order chi connectivity index (χ1) is 12.3. The fourth-order valence-electron chi connectivity index (χ4n) is 2.63. The summed E-state index contributed by atoms with van der Waals surface area (Å²) in [4.78, 5) is 12.2. The fraction of sp³-hybridized carbons (Fsp3) is 0.350. The van der Waals surface area contributed by atoms with Crippen LogP contribution < -0.4 is 19.5 Å². The van der Waals surface area contributed by atoms with E-state index < -0.39 is 0 Å². The average Bonchev–Trinajstić information content (AvgIpc) is 2.63. The molecule has 140 valence electrons. The van der Waals surface area contributed by atoms with Crippen LogP contribution in [0, 0.1) is 13.8 Å². The van der Waals surface area contributed by atoms with Gasteiger partial charge in [-0.2, -0.15) is 0 Å². The number of halogens is 1. The van der Waals surface area contributed by atoms with Gasteiger partial charge >= 0.3 is 0 Å². The number of nitrogens with one attached hydrogen (secondary N) is 1. The van der Waals surface area contributed by atoms with Gasteiger partial charge in [-0.25, -0.2) is 0 Å². The summed E-state index contributed by atoms with van der Waals surface area (Å²) >= 11 is 3.52. The second kappa shape index (κ2) is 8.94. The molecule has 0 radical (unpaired) electrons. The largest absolute Gasteiger partial charge is 0.493 e. The number of benzene rings is 2. The number of amides is 1. The summed E-state index contributed by atoms with van der Waals surface area (Å²) < 4.78 is 17.2. The number of aryl methyl sites for hydroxylation is 2. The lowest BCUT2D eigenvalue weighted by atomic mass is 10.1. The number of carbonyl (C=O) groups excluding carboxylic acids is 1. The smallest absolute Gasteiger partial charge is 0.258 e. The molecule has 5 nitrogen and oxygen atoms in total. The van der Waals surface area contributed by atoms with Crippen molar-refractivity contribution in [2.75, 3.05) is 20.8 Å². The van der Waals surface area contributed by atoms with Gasteiger partial charge in [0.1, 0.15) is 5.75 Å². The third-order valence-electron chi connectivity index (χ3n) is 4.06. The Bertz CT molecular complexity index is 768. The predicted molar refractivity (Wildman–Crippen MR) is 105 cm³/mol. The van der Waals surface area contributed by atoms with E-state index in [-0.39, 0.29) is 18.6 Å². The molecular formula is C20H24BrNO4. The van der Waals surface area contributed by atoms with Crippen LogP contribution in [0.5, 0.6) is 17.2 Å². The Hall–Kier alpha value is -2.21. The van der Waals surface area contributed by atoms with E-state index in [2.05, 4.69) is 21.2 Å². The molecule has 0 unspecified atom stereocenters. The molecule has 0 saturated heterocycles. The Morgan fingerprint density at radius 3 is 2.27 bits per heavy atom. The number of rotatable bonds is 7. The summed E-state index contributed by atoms with van der Waals surface area (Å²) in [6.45, 7) is 5.84. The third-order valence-corrected chi connectivity index (χ3v) is 5.32. The van der Waals surface area contributed by atoms with Crippen LogP contribution in [0.2, 0.25) is 0 Å². The minimum atomic E-state index is -0.189. The summed E-state index contributed by atoms with van der Waals surface area (Å²) in [5.74, 6) is 1.77. The molecule has 0 aliphatic heterocycles. The van der Waals surface area contributed by atoms with Gasteiger partial charge in [-0.1, -0.05) is 22.0 Å². The maximum absolute atomic E-state index is 12.2. The first-order valence-corrected chi connectivity index (χ1v) is 9.05. The number of carbonyl (C=O) groups is 1. The highest BCUT2D eigenvalue weighted by Gasteiger charge is 2.13. The standard InChI is InChI=1S/C20H24BrNO4/c1-12-8-16(9-13(2)20(12)21)26-11-19(23)22-14(3)15-6-7-17(24-4)18(10-15)25-5/h6-10,14H,11H2,1-5H3,(H,22,23)/t14-/m0/s1. The molecule has 2 aromatic carbocycles. The zero-order valence-electron chi connectivity index (χ0n) is 15.7. The van der Waals surface area contributed by atoms with Crippen molar-refractivity contribution in [1.29, 1.82) is 0 Å². The average molecular weight is 422 g/mol. The van der Waals surface area contributed by atoms with Crippen LogP contribution in [0.4, 0.5) is 0 Å². The van der Waals surface area contributed by atoms with E-state index in [1.807, 2.05) is 51.1 Å². The van der Waals surface area contributed by atoms with Crippen molar-refractivity contribution < 1.29 is 19.0 Å². The lowest BCUT2D eigenvalue weighted by Gasteiger charge is -2.17. The first kappa shape index (κ1) is 20.1. The highest BCUT2D eigenvalue weighted by Crippen LogP contribution is 2.30. The summed E-state index contributed by atoms with van der Waals surface area (Å²) in [6, 6.07) is 9.20. The van der Waals surface area contributed by atoms with Crippen LogP contribution in [0.15, 0.2) is 34.8 Å². The van der Waals surface area contributed by atoms with E-state index >= 15 is 0 Å². The van der Waals surface area contributed by atoms with Crippen molar-refractivity contribution in [3.8, 4) is 17.2 Å². The summed E-state index contributed by atoms with van der Waals surface area (Å²) in [6.07, 6.45) is 0. The zero-order chi connectivity index (χ0) is 19.3. The van der Waals surface area contributed by atoms with E-state index in [1.165, 1.54) is 0 Å². The van der Waals surface area contributed by atoms with Crippen molar-refractivity contribution in [3.63, 3.8) is 0 Å². The molecule has 1 amide bonds. The SMILES string of the molecule is COc1ccc([C@H](C)NC(=O)COc2cc(C)c(Br)c(C)c2)cc1OC. The molecule has 0 spiro atoms. The minimum absolute atomic E-state index is 0.0435. The van der Waals surface area contributed by atoms with E-state index in [1.54, 1.807) is 14.2 Å². The minimum Gasteiger partial charge on any atom is -0.493 e. The maximum Gasteiger partial charge on any atom is 0.258 e. The number of methoxy groups -OCH3 is 2. The maximum atomic E-state index is 12.2. The molecule has 26 heavy (non-hydrogen) atoms. The van der Waals surface area contributed by atoms with E-state index in [4.69, 9.17) is 14.2 Å². The van der Waals surface area contributed by atoms with E-state index in [9.17, 15) is 4.79 Å². The van der Waals surface area contributed by atoms with Gasteiger partial charge in [0.2, 0.25) is 0 Å². The molecule has 0 fully saturated rings. The second-order valence-corrected chi connectivity index (χ2v) is 6.86. The van der Waals surface area contributed by atoms with Crippen LogP contribution in [0.25, 0.3) is 0 Å². The topological polar surface area (TPSA) is 56.8 Å². The quantitative estimate of drug-likeness (QED) is 0.722. The molecular weight excluding hydrogens is 398 g/mol. The Morgan fingerprint density at radius 2 is 1.69 bits per heavy atom. The fourth-order valence-corrected chi connectivity index (χ4v) is 2.86. The molecule has 0 aromatic heterocycles. The molecule has 0 aliphatic rings. The number of hydrogen-bond donors (Lipinski definition) is 1. The Balaban J connectivity index is 1.97. The summed E-state index contributed by atoms with van der Waals surface area (Å²) in [5, 5.41) is 2.93. The van der Waals surface area contributed by atoms with Crippen LogP contribution >= 0.6 is 15.9 Å². The van der Waals surface area contributed by atoms with Gasteiger partial charge < -0.3 is 19.5 Å². The molecule has 0 bridgehead atoms. The number of hydrogen-bond acceptors (Lipinski definition) is 4. The highest BCUT2D eigenvalue weighted by molar-refractivity contribution is 9.10. The zero-order valence-corrected chi connectivity index (χ0v) is 17.3. The van der Waals surface area contributed by atoms with Gasteiger partial charge in [0.05, 0.1) is 20.3 Å². The molecule has 0 aliphatic carbocycles. The van der Waals surface area contributed by atoms with Gasteiger partial charge in [-0.05, 0) is 61.7 Å². The van der Waals surface area contributed by atoms with Gasteiger partial charge in [0.15, 0.2) is 18.1 Å². The first-order valence-electron chi connectivity index (χ1n) is 8.26. The number of ether oxygens (including phenoxy) is 3. The molecule has 0 saturated carbocycles. The summed E-state index contributed by atoms with van der Waals surface area (Å²) in [5.41, 5.74) is 3.06. The van der Waals surface area contributed by atoms with Crippen molar-refractivity contribution in [1.82, 2.24) is 5.32 Å². The predicted octanol–water partition coefficient (Wildman–Crippen LogP) is 4.34. The Morgan fingerprint density at radius 1 is 1.08 bits per heavy atom. The third kappa shape index (κ3) is 4.91. The Kier molecular flexibility index (Phi) is 6.91. The van der Waals surface area contributed by atoms with E-state index in [0.717, 1.165) is 21.2 Å². The van der Waals surface area contributed by atoms with Crippen molar-refractivity contribution in [2.24, 2.45) is 0 Å². The van der Waals surface area contributed by atoms with Crippen LogP contribution in [-0.2, 0) is 4.79 Å². The van der Waals surface area contributed by atoms with Crippen LogP contribution in [0.3, 0.4) is 0 Å². The van der Waals surface area contributed by atoms with Crippen LogP contribution in [-0.4, -0.2) is 26.7 Å². The van der Waals surface area contributed by atoms with Gasteiger partial charge in [-0.15, -0.1) is 0 Å².